The van der Waals surface area contributed by atoms with Crippen molar-refractivity contribution in [2.45, 2.75) is 13.8 Å². The predicted octanol–water partition coefficient (Wildman–Crippen LogP) is 2.01. The molecule has 0 N–H and O–H groups in total. The molecular weight excluding hydrogens is 202 g/mol. The summed E-state index contributed by atoms with van der Waals surface area (Å²) in [5.41, 5.74) is 1.14. The smallest absolute Gasteiger partial charge is 0.251 e. The highest BCUT2D eigenvalue weighted by Crippen LogP contribution is 2.09. The summed E-state index contributed by atoms with van der Waals surface area (Å²) in [5.74, 6) is -0.159. The quantitative estimate of drug-likeness (QED) is 0.722. The monoisotopic (exact) mass is 216 g/mol. The van der Waals surface area contributed by atoms with Gasteiger partial charge in [0.15, 0.2) is 0 Å². The van der Waals surface area contributed by atoms with Gasteiger partial charge in [-0.05, 0) is 18.6 Å². The number of hydrogen-bond acceptors (Lipinski definition) is 2. The summed E-state index contributed by atoms with van der Waals surface area (Å²) < 4.78 is 0. The standard InChI is InChI=1S/C13H14NO2/c1-3-14(11(2)16)13(10-15)9-12-7-5-4-6-8-12/h4-9H,3H2,1-2H3. The zero-order valence-electron chi connectivity index (χ0n) is 9.43. The van der Waals surface area contributed by atoms with Crippen LogP contribution in [0.5, 0.6) is 0 Å². The highest BCUT2D eigenvalue weighted by Gasteiger charge is 2.11. The Labute approximate surface area is 95.4 Å². The van der Waals surface area contributed by atoms with Gasteiger partial charge in [-0.3, -0.25) is 9.59 Å². The fourth-order valence-corrected chi connectivity index (χ4v) is 1.43. The second-order valence-corrected chi connectivity index (χ2v) is 3.31. The van der Waals surface area contributed by atoms with Gasteiger partial charge in [-0.25, -0.2) is 0 Å². The molecule has 0 unspecified atom stereocenters. The lowest BCUT2D eigenvalue weighted by Crippen LogP contribution is -2.28. The van der Waals surface area contributed by atoms with Gasteiger partial charge in [-0.2, -0.15) is 0 Å². The van der Waals surface area contributed by atoms with Crippen LogP contribution in [-0.4, -0.2) is 23.6 Å². The van der Waals surface area contributed by atoms with E-state index in [1.165, 1.54) is 11.8 Å². The van der Waals surface area contributed by atoms with Crippen molar-refractivity contribution in [3.05, 3.63) is 41.6 Å². The van der Waals surface area contributed by atoms with E-state index >= 15 is 0 Å². The van der Waals surface area contributed by atoms with Crippen LogP contribution in [0.15, 0.2) is 36.0 Å². The van der Waals surface area contributed by atoms with Gasteiger partial charge < -0.3 is 4.90 Å². The zero-order chi connectivity index (χ0) is 12.0. The number of benzene rings is 1. The fraction of sp³-hybridized carbons (Fsp3) is 0.231. The Morgan fingerprint density at radius 1 is 1.38 bits per heavy atom. The lowest BCUT2D eigenvalue weighted by atomic mass is 10.2. The molecule has 1 rings (SSSR count). The second-order valence-electron chi connectivity index (χ2n) is 3.31. The molecule has 1 amide bonds. The molecule has 1 radical (unpaired) electrons. The summed E-state index contributed by atoms with van der Waals surface area (Å²) in [5, 5.41) is 0. The van der Waals surface area contributed by atoms with Gasteiger partial charge >= 0.3 is 0 Å². The number of nitrogens with zero attached hydrogens (tertiary/aromatic N) is 1. The highest BCUT2D eigenvalue weighted by atomic mass is 16.2. The number of carbonyl (C=O) groups is 1. The first kappa shape index (κ1) is 12.2. The first-order chi connectivity index (χ1) is 7.69. The van der Waals surface area contributed by atoms with Gasteiger partial charge in [0.2, 0.25) is 5.91 Å². The third-order valence-corrected chi connectivity index (χ3v) is 2.19. The molecule has 0 aliphatic rings. The molecule has 0 saturated carbocycles. The minimum atomic E-state index is -0.159. The Morgan fingerprint density at radius 3 is 2.44 bits per heavy atom. The van der Waals surface area contributed by atoms with E-state index in [1.54, 1.807) is 12.4 Å². The van der Waals surface area contributed by atoms with Crippen LogP contribution in [0.2, 0.25) is 0 Å². The van der Waals surface area contributed by atoms with E-state index in [-0.39, 0.29) is 11.6 Å². The van der Waals surface area contributed by atoms with Gasteiger partial charge in [0.05, 0.1) is 5.70 Å². The van der Waals surface area contributed by atoms with Crippen molar-refractivity contribution >= 4 is 18.3 Å². The fourth-order valence-electron chi connectivity index (χ4n) is 1.43. The van der Waals surface area contributed by atoms with Gasteiger partial charge in [-0.15, -0.1) is 0 Å². The maximum atomic E-state index is 11.3. The van der Waals surface area contributed by atoms with Crippen LogP contribution in [0.1, 0.15) is 19.4 Å². The van der Waals surface area contributed by atoms with Crippen molar-refractivity contribution < 1.29 is 9.59 Å². The molecule has 0 aliphatic heterocycles. The molecule has 0 saturated heterocycles. The normalized spacial score (nSPS) is 11.0. The molecule has 0 spiro atoms. The Kier molecular flexibility index (Phi) is 4.45. The second kappa shape index (κ2) is 5.85. The van der Waals surface area contributed by atoms with Crippen LogP contribution in [0.25, 0.3) is 6.08 Å². The van der Waals surface area contributed by atoms with Crippen LogP contribution in [0.3, 0.4) is 0 Å². The maximum Gasteiger partial charge on any atom is 0.251 e. The third-order valence-electron chi connectivity index (χ3n) is 2.19. The molecule has 0 bridgehead atoms. The zero-order valence-corrected chi connectivity index (χ0v) is 9.43. The highest BCUT2D eigenvalue weighted by molar-refractivity contribution is 5.89. The SMILES string of the molecule is CCN(C(C)=O)C([C]=O)=Cc1ccccc1. The molecule has 0 atom stereocenters. The van der Waals surface area contributed by atoms with Crippen LogP contribution < -0.4 is 0 Å². The summed E-state index contributed by atoms with van der Waals surface area (Å²) >= 11 is 0. The van der Waals surface area contributed by atoms with Gasteiger partial charge in [0, 0.05) is 13.5 Å². The molecule has 83 valence electrons. The predicted molar refractivity (Wildman–Crippen MR) is 63.2 cm³/mol. The van der Waals surface area contributed by atoms with E-state index in [2.05, 4.69) is 0 Å². The molecule has 0 aromatic heterocycles. The molecule has 0 fully saturated rings. The van der Waals surface area contributed by atoms with Gasteiger partial charge in [0.25, 0.3) is 6.29 Å². The number of amides is 1. The number of likely N-dealkylation sites (N-methyl/N-ethyl adjacent to an activating group) is 1. The van der Waals surface area contributed by atoms with E-state index in [1.807, 2.05) is 37.3 Å². The average Bonchev–Trinajstić information content (AvgIpc) is 2.29. The lowest BCUT2D eigenvalue weighted by Gasteiger charge is -2.17. The van der Waals surface area contributed by atoms with Crippen molar-refractivity contribution in [1.82, 2.24) is 4.90 Å². The Morgan fingerprint density at radius 2 is 2.00 bits per heavy atom. The van der Waals surface area contributed by atoms with Crippen LogP contribution in [0.4, 0.5) is 0 Å². The Hall–Kier alpha value is -1.90. The molecular formula is C13H14NO2. The maximum absolute atomic E-state index is 11.3. The van der Waals surface area contributed by atoms with Crippen molar-refractivity contribution in [3.63, 3.8) is 0 Å². The molecule has 3 nitrogen and oxygen atoms in total. The summed E-state index contributed by atoms with van der Waals surface area (Å²) in [6.45, 7) is 3.71. The number of rotatable bonds is 4. The van der Waals surface area contributed by atoms with Crippen molar-refractivity contribution in [2.75, 3.05) is 6.54 Å². The van der Waals surface area contributed by atoms with Crippen LogP contribution in [0, 0.1) is 0 Å². The molecule has 3 heteroatoms. The average molecular weight is 216 g/mol. The van der Waals surface area contributed by atoms with E-state index in [0.29, 0.717) is 6.54 Å². The summed E-state index contributed by atoms with van der Waals surface area (Å²) in [6.07, 6.45) is 3.45. The number of allylic oxidation sites excluding steroid dienone is 1. The van der Waals surface area contributed by atoms with E-state index in [0.717, 1.165) is 5.56 Å². The van der Waals surface area contributed by atoms with Crippen molar-refractivity contribution in [1.29, 1.82) is 0 Å². The third kappa shape index (κ3) is 3.05. The molecule has 1 aromatic carbocycles. The van der Waals surface area contributed by atoms with Crippen molar-refractivity contribution in [3.8, 4) is 0 Å². The molecule has 0 heterocycles. The Balaban J connectivity index is 3.02. The topological polar surface area (TPSA) is 37.4 Å². The van der Waals surface area contributed by atoms with Gasteiger partial charge in [0.1, 0.15) is 0 Å². The lowest BCUT2D eigenvalue weighted by molar-refractivity contribution is -0.126. The van der Waals surface area contributed by atoms with Crippen molar-refractivity contribution in [2.24, 2.45) is 0 Å². The first-order valence-electron chi connectivity index (χ1n) is 5.12. The summed E-state index contributed by atoms with van der Waals surface area (Å²) in [7, 11) is 0. The van der Waals surface area contributed by atoms with E-state index in [4.69, 9.17) is 0 Å². The van der Waals surface area contributed by atoms with Crippen LogP contribution >= 0.6 is 0 Å². The minimum absolute atomic E-state index is 0.159. The van der Waals surface area contributed by atoms with E-state index in [9.17, 15) is 9.59 Å². The largest absolute Gasteiger partial charge is 0.309 e. The summed E-state index contributed by atoms with van der Waals surface area (Å²) in [4.78, 5) is 23.5. The minimum Gasteiger partial charge on any atom is -0.309 e. The van der Waals surface area contributed by atoms with Gasteiger partial charge in [-0.1, -0.05) is 30.3 Å². The summed E-state index contributed by atoms with van der Waals surface area (Å²) in [6, 6.07) is 9.37. The number of carbonyl (C=O) groups excluding carboxylic acids is 2. The first-order valence-corrected chi connectivity index (χ1v) is 5.12. The molecule has 0 aliphatic carbocycles. The Bertz CT molecular complexity index is 396. The number of hydrogen-bond donors (Lipinski definition) is 0. The van der Waals surface area contributed by atoms with Crippen LogP contribution in [-0.2, 0) is 9.59 Å². The molecule has 1 aromatic rings. The molecule has 16 heavy (non-hydrogen) atoms. The van der Waals surface area contributed by atoms with E-state index < -0.39 is 0 Å².